The van der Waals surface area contributed by atoms with Gasteiger partial charge in [0.1, 0.15) is 29.6 Å². The number of rotatable bonds is 12. The summed E-state index contributed by atoms with van der Waals surface area (Å²) in [6.07, 6.45) is 4.51. The Morgan fingerprint density at radius 1 is 0.841 bits per heavy atom. The van der Waals surface area contributed by atoms with Crippen molar-refractivity contribution in [1.82, 2.24) is 10.2 Å². The largest absolute Gasteiger partial charge is 0.494 e. The molecule has 1 atom stereocenters. The van der Waals surface area contributed by atoms with Crippen LogP contribution in [0.4, 0.5) is 9.59 Å². The molecular formula is C35H50N2O7. The maximum Gasteiger partial charge on any atom is 0.410 e. The van der Waals surface area contributed by atoms with Crippen LogP contribution >= 0.6 is 0 Å². The van der Waals surface area contributed by atoms with Gasteiger partial charge in [0.2, 0.25) is 0 Å². The second kappa shape index (κ2) is 16.4. The Kier molecular flexibility index (Phi) is 12.9. The van der Waals surface area contributed by atoms with E-state index in [1.807, 2.05) is 80.3 Å². The van der Waals surface area contributed by atoms with Gasteiger partial charge in [0.25, 0.3) is 0 Å². The number of amides is 2. The van der Waals surface area contributed by atoms with Crippen LogP contribution in [0.3, 0.4) is 0 Å². The van der Waals surface area contributed by atoms with Crippen LogP contribution in [0, 0.1) is 5.92 Å². The summed E-state index contributed by atoms with van der Waals surface area (Å²) in [5.41, 5.74) is 0.550. The van der Waals surface area contributed by atoms with Gasteiger partial charge in [0.05, 0.1) is 6.61 Å². The maximum atomic E-state index is 12.9. The number of carbonyl (C=O) groups is 3. The lowest BCUT2D eigenvalue weighted by Gasteiger charge is -2.33. The van der Waals surface area contributed by atoms with E-state index >= 15 is 0 Å². The van der Waals surface area contributed by atoms with Gasteiger partial charge in [-0.25, -0.2) is 14.4 Å². The zero-order valence-electron chi connectivity index (χ0n) is 27.2. The summed E-state index contributed by atoms with van der Waals surface area (Å²) >= 11 is 0. The van der Waals surface area contributed by atoms with Gasteiger partial charge in [-0.1, -0.05) is 48.9 Å². The average molecular weight is 611 g/mol. The molecule has 9 heteroatoms. The van der Waals surface area contributed by atoms with Gasteiger partial charge in [-0.2, -0.15) is 0 Å². The lowest BCUT2D eigenvalue weighted by Crippen LogP contribution is -2.45. The summed E-state index contributed by atoms with van der Waals surface area (Å²) in [7, 11) is 0. The number of ether oxygens (including phenoxy) is 4. The summed E-state index contributed by atoms with van der Waals surface area (Å²) in [6, 6.07) is 16.0. The van der Waals surface area contributed by atoms with Crippen molar-refractivity contribution in [3.8, 4) is 5.75 Å². The van der Waals surface area contributed by atoms with E-state index in [1.165, 1.54) is 0 Å². The molecule has 9 nitrogen and oxygen atoms in total. The molecule has 1 aliphatic heterocycles. The average Bonchev–Trinajstić information content (AvgIpc) is 2.95. The maximum absolute atomic E-state index is 12.9. The van der Waals surface area contributed by atoms with Crippen molar-refractivity contribution < 1.29 is 33.3 Å². The fourth-order valence-electron chi connectivity index (χ4n) is 4.89. The van der Waals surface area contributed by atoms with Crippen LogP contribution in [0.2, 0.25) is 0 Å². The van der Waals surface area contributed by atoms with Crippen LogP contribution in [0.25, 0.3) is 0 Å². The van der Waals surface area contributed by atoms with Crippen molar-refractivity contribution in [2.75, 3.05) is 19.7 Å². The third-order valence-electron chi connectivity index (χ3n) is 7.10. The van der Waals surface area contributed by atoms with Crippen LogP contribution in [-0.4, -0.2) is 60.0 Å². The molecule has 0 bridgehead atoms. The van der Waals surface area contributed by atoms with Crippen molar-refractivity contribution >= 4 is 18.2 Å². The molecule has 0 aromatic heterocycles. The summed E-state index contributed by atoms with van der Waals surface area (Å²) in [5, 5.41) is 2.67. The van der Waals surface area contributed by atoms with Crippen molar-refractivity contribution in [2.45, 2.75) is 104 Å². The fraction of sp³-hybridized carbons (Fsp3) is 0.571. The van der Waals surface area contributed by atoms with E-state index in [4.69, 9.17) is 18.9 Å². The summed E-state index contributed by atoms with van der Waals surface area (Å²) in [5.74, 6) is 0.851. The van der Waals surface area contributed by atoms with Gasteiger partial charge in [0, 0.05) is 19.5 Å². The first kappa shape index (κ1) is 34.7. The Balaban J connectivity index is 1.40. The molecule has 1 aliphatic rings. The highest BCUT2D eigenvalue weighted by Gasteiger charge is 2.28. The van der Waals surface area contributed by atoms with E-state index in [2.05, 4.69) is 5.32 Å². The topological polar surface area (TPSA) is 103 Å². The highest BCUT2D eigenvalue weighted by molar-refractivity contribution is 5.82. The van der Waals surface area contributed by atoms with Gasteiger partial charge in [-0.15, -0.1) is 0 Å². The van der Waals surface area contributed by atoms with Gasteiger partial charge in [-0.3, -0.25) is 0 Å². The molecule has 3 rings (SSSR count). The SMILES string of the molecule is CC(C)(C)OC(=O)[C@H](Cc1ccc(OCCCCC2CCN(C(=O)OC(C)(C)C)CC2)cc1)NC(=O)OCc1ccccc1. The molecule has 44 heavy (non-hydrogen) atoms. The van der Waals surface area contributed by atoms with Crippen LogP contribution in [0.5, 0.6) is 5.75 Å². The number of nitrogens with one attached hydrogen (secondary N) is 1. The van der Waals surface area contributed by atoms with E-state index in [-0.39, 0.29) is 19.1 Å². The monoisotopic (exact) mass is 610 g/mol. The third-order valence-corrected chi connectivity index (χ3v) is 7.10. The molecule has 2 amide bonds. The Morgan fingerprint density at radius 2 is 1.48 bits per heavy atom. The van der Waals surface area contributed by atoms with E-state index in [1.54, 1.807) is 20.8 Å². The van der Waals surface area contributed by atoms with Crippen LogP contribution < -0.4 is 10.1 Å². The summed E-state index contributed by atoms with van der Waals surface area (Å²) < 4.78 is 22.3. The minimum Gasteiger partial charge on any atom is -0.494 e. The van der Waals surface area contributed by atoms with Gasteiger partial charge < -0.3 is 29.2 Å². The molecule has 0 unspecified atom stereocenters. The minimum absolute atomic E-state index is 0.104. The number of esters is 1. The standard InChI is InChI=1S/C35H50N2O7/c1-34(2,3)43-31(38)30(36-32(39)42-25-28-13-8-7-9-14-28)24-27-15-17-29(18-16-27)41-23-11-10-12-26-19-21-37(22-20-26)33(40)44-35(4,5)6/h7-9,13-18,26,30H,10-12,19-25H2,1-6H3,(H,36,39)/t30-/m0/s1. The van der Waals surface area contributed by atoms with E-state index in [9.17, 15) is 14.4 Å². The first-order valence-electron chi connectivity index (χ1n) is 15.7. The molecule has 0 spiro atoms. The highest BCUT2D eigenvalue weighted by Crippen LogP contribution is 2.24. The van der Waals surface area contributed by atoms with Crippen molar-refractivity contribution in [1.29, 1.82) is 0 Å². The van der Waals surface area contributed by atoms with Crippen molar-refractivity contribution in [3.63, 3.8) is 0 Å². The molecule has 1 heterocycles. The van der Waals surface area contributed by atoms with E-state index in [0.717, 1.165) is 62.1 Å². The van der Waals surface area contributed by atoms with E-state index in [0.29, 0.717) is 12.5 Å². The number of hydrogen-bond acceptors (Lipinski definition) is 7. The molecule has 2 aromatic carbocycles. The lowest BCUT2D eigenvalue weighted by atomic mass is 9.92. The first-order valence-corrected chi connectivity index (χ1v) is 15.7. The zero-order valence-corrected chi connectivity index (χ0v) is 27.2. The number of carbonyl (C=O) groups excluding carboxylic acids is 3. The first-order chi connectivity index (χ1) is 20.8. The number of benzene rings is 2. The Labute approximate surface area is 262 Å². The highest BCUT2D eigenvalue weighted by atomic mass is 16.6. The molecule has 0 saturated carbocycles. The van der Waals surface area contributed by atoms with E-state index < -0.39 is 29.3 Å². The van der Waals surface area contributed by atoms with Crippen molar-refractivity contribution in [2.24, 2.45) is 5.92 Å². The van der Waals surface area contributed by atoms with Gasteiger partial charge in [-0.05, 0) is 96.4 Å². The molecule has 242 valence electrons. The molecule has 1 fully saturated rings. The van der Waals surface area contributed by atoms with Crippen molar-refractivity contribution in [3.05, 3.63) is 65.7 Å². The van der Waals surface area contributed by atoms with Crippen LogP contribution in [-0.2, 0) is 32.0 Å². The third kappa shape index (κ3) is 13.3. The predicted molar refractivity (Wildman–Crippen MR) is 169 cm³/mol. The zero-order chi connectivity index (χ0) is 32.2. The minimum atomic E-state index is -0.903. The predicted octanol–water partition coefficient (Wildman–Crippen LogP) is 7.06. The lowest BCUT2D eigenvalue weighted by molar-refractivity contribution is -0.157. The number of alkyl carbamates (subject to hydrolysis) is 1. The number of piperidine rings is 1. The fourth-order valence-corrected chi connectivity index (χ4v) is 4.89. The Bertz CT molecular complexity index is 1180. The molecule has 0 aliphatic carbocycles. The number of nitrogens with zero attached hydrogens (tertiary/aromatic N) is 1. The number of likely N-dealkylation sites (tertiary alicyclic amines) is 1. The smallest absolute Gasteiger partial charge is 0.410 e. The van der Waals surface area contributed by atoms with Crippen LogP contribution in [0.15, 0.2) is 54.6 Å². The molecule has 1 saturated heterocycles. The van der Waals surface area contributed by atoms with Crippen LogP contribution in [0.1, 0.15) is 84.8 Å². The molecular weight excluding hydrogens is 560 g/mol. The Hall–Kier alpha value is -3.75. The second-order valence-electron chi connectivity index (χ2n) is 13.4. The van der Waals surface area contributed by atoms with Gasteiger partial charge >= 0.3 is 18.2 Å². The number of hydrogen-bond donors (Lipinski definition) is 1. The second-order valence-corrected chi connectivity index (χ2v) is 13.4. The summed E-state index contributed by atoms with van der Waals surface area (Å²) in [6.45, 7) is 13.3. The molecule has 0 radical (unpaired) electrons. The Morgan fingerprint density at radius 3 is 2.09 bits per heavy atom. The molecule has 1 N–H and O–H groups in total. The van der Waals surface area contributed by atoms with Gasteiger partial charge in [0.15, 0.2) is 0 Å². The normalized spacial score (nSPS) is 14.8. The quantitative estimate of drug-likeness (QED) is 0.156. The summed E-state index contributed by atoms with van der Waals surface area (Å²) in [4.78, 5) is 39.5. The number of unbranched alkanes of at least 4 members (excludes halogenated alkanes) is 1. The molecule has 2 aromatic rings.